The number of carbonyl (C=O) groups is 1. The molecule has 30 heavy (non-hydrogen) atoms. The Morgan fingerprint density at radius 3 is 2.57 bits per heavy atom. The molecule has 2 unspecified atom stereocenters. The van der Waals surface area contributed by atoms with Gasteiger partial charge in [-0.3, -0.25) is 4.79 Å². The van der Waals surface area contributed by atoms with Gasteiger partial charge in [-0.25, -0.2) is 0 Å². The summed E-state index contributed by atoms with van der Waals surface area (Å²) in [5, 5.41) is 22.9. The van der Waals surface area contributed by atoms with E-state index in [4.69, 9.17) is 10.5 Å². The molecule has 4 aliphatic carbocycles. The van der Waals surface area contributed by atoms with Crippen molar-refractivity contribution >= 4 is 5.97 Å². The van der Waals surface area contributed by atoms with Gasteiger partial charge in [0, 0.05) is 12.5 Å². The fourth-order valence-corrected chi connectivity index (χ4v) is 8.84. The van der Waals surface area contributed by atoms with Crippen molar-refractivity contribution in [2.24, 2.45) is 52.1 Å². The van der Waals surface area contributed by atoms with Crippen molar-refractivity contribution in [2.75, 3.05) is 7.11 Å². The largest absolute Gasteiger partial charge is 0.469 e. The van der Waals surface area contributed by atoms with Gasteiger partial charge >= 0.3 is 5.97 Å². The Balaban J connectivity index is 1.58. The summed E-state index contributed by atoms with van der Waals surface area (Å²) in [6.45, 7) is 6.94. The van der Waals surface area contributed by atoms with E-state index in [1.807, 2.05) is 0 Å². The Morgan fingerprint density at radius 2 is 1.87 bits per heavy atom. The molecule has 4 fully saturated rings. The van der Waals surface area contributed by atoms with Gasteiger partial charge in [-0.15, -0.1) is 0 Å². The van der Waals surface area contributed by atoms with E-state index in [1.165, 1.54) is 7.11 Å². The van der Waals surface area contributed by atoms with E-state index in [-0.39, 0.29) is 41.0 Å². The molecule has 0 aliphatic heterocycles. The van der Waals surface area contributed by atoms with Crippen LogP contribution in [0.15, 0.2) is 0 Å². The van der Waals surface area contributed by atoms with Gasteiger partial charge in [0.1, 0.15) is 0 Å². The van der Waals surface area contributed by atoms with Crippen LogP contribution in [0.4, 0.5) is 0 Å². The fourth-order valence-electron chi connectivity index (χ4n) is 8.84. The van der Waals surface area contributed by atoms with Gasteiger partial charge < -0.3 is 20.7 Å². The first kappa shape index (κ1) is 22.5. The van der Waals surface area contributed by atoms with Crippen molar-refractivity contribution in [3.05, 3.63) is 0 Å². The number of aliphatic hydroxyl groups is 2. The number of nitrogens with two attached hydrogens (primary N) is 1. The zero-order chi connectivity index (χ0) is 21.8. The third-order valence-corrected chi connectivity index (χ3v) is 10.6. The molecular formula is C25H43NO4. The Bertz CT molecular complexity index is 655. The molecule has 0 saturated heterocycles. The molecule has 0 spiro atoms. The van der Waals surface area contributed by atoms with E-state index in [0.717, 1.165) is 51.4 Å². The van der Waals surface area contributed by atoms with Gasteiger partial charge in [0.25, 0.3) is 0 Å². The first-order chi connectivity index (χ1) is 14.1. The molecule has 0 bridgehead atoms. The number of fused-ring (bicyclic) bond motifs is 5. The molecular weight excluding hydrogens is 378 g/mol. The van der Waals surface area contributed by atoms with Crippen molar-refractivity contribution in [3.8, 4) is 0 Å². The van der Waals surface area contributed by atoms with E-state index in [1.54, 1.807) is 0 Å². The molecule has 0 aromatic heterocycles. The average Bonchev–Trinajstić information content (AvgIpc) is 3.06. The van der Waals surface area contributed by atoms with Crippen molar-refractivity contribution < 1.29 is 19.7 Å². The molecule has 11 atom stereocenters. The normalized spacial score (nSPS) is 51.4. The van der Waals surface area contributed by atoms with Crippen LogP contribution in [0.2, 0.25) is 0 Å². The molecule has 5 heteroatoms. The summed E-state index contributed by atoms with van der Waals surface area (Å²) in [6, 6.07) is 0.261. The Labute approximate surface area is 182 Å². The number of hydrogen-bond acceptors (Lipinski definition) is 5. The van der Waals surface area contributed by atoms with Crippen LogP contribution in [0.1, 0.15) is 78.6 Å². The molecule has 0 heterocycles. The number of ether oxygens (including phenoxy) is 1. The summed E-state index contributed by atoms with van der Waals surface area (Å²) in [5.74, 6) is 2.11. The maximum atomic E-state index is 11.7. The summed E-state index contributed by atoms with van der Waals surface area (Å²) in [7, 11) is 1.45. The zero-order valence-corrected chi connectivity index (χ0v) is 19.3. The standard InChI is InChI=1S/C25H43NO4/c1-14(5-8-22(29)30-4)17-6-7-18-23-19(13-21(28)25(17,18)3)24(2)10-9-16(26)11-15(24)12-20(23)27/h14-21,23,27-28H,5-13,26H2,1-4H3/t14-,15+,16+,17-,18+,19?,20-,21+,23?,24+,25-/m1/s1. The smallest absolute Gasteiger partial charge is 0.305 e. The summed E-state index contributed by atoms with van der Waals surface area (Å²) < 4.78 is 4.84. The van der Waals surface area contributed by atoms with Crippen LogP contribution in [0.3, 0.4) is 0 Å². The highest BCUT2D eigenvalue weighted by Crippen LogP contribution is 2.68. The minimum absolute atomic E-state index is 0.150. The fraction of sp³-hybridized carbons (Fsp3) is 0.960. The minimum Gasteiger partial charge on any atom is -0.469 e. The zero-order valence-electron chi connectivity index (χ0n) is 19.3. The summed E-state index contributed by atoms with van der Waals surface area (Å²) >= 11 is 0. The monoisotopic (exact) mass is 421 g/mol. The number of methoxy groups -OCH3 is 1. The highest BCUT2D eigenvalue weighted by atomic mass is 16.5. The summed E-state index contributed by atoms with van der Waals surface area (Å²) in [4.78, 5) is 11.7. The van der Waals surface area contributed by atoms with E-state index < -0.39 is 0 Å². The number of aliphatic hydroxyl groups excluding tert-OH is 2. The van der Waals surface area contributed by atoms with Crippen molar-refractivity contribution in [1.29, 1.82) is 0 Å². The second-order valence-corrected chi connectivity index (χ2v) is 11.7. The van der Waals surface area contributed by atoms with Gasteiger partial charge in [-0.1, -0.05) is 20.8 Å². The van der Waals surface area contributed by atoms with Crippen LogP contribution in [0.5, 0.6) is 0 Å². The molecule has 0 aromatic carbocycles. The van der Waals surface area contributed by atoms with Crippen LogP contribution >= 0.6 is 0 Å². The van der Waals surface area contributed by atoms with Crippen molar-refractivity contribution in [2.45, 2.75) is 96.8 Å². The Morgan fingerprint density at radius 1 is 1.13 bits per heavy atom. The highest BCUT2D eigenvalue weighted by Gasteiger charge is 2.65. The quantitative estimate of drug-likeness (QED) is 0.604. The number of rotatable bonds is 4. The average molecular weight is 422 g/mol. The van der Waals surface area contributed by atoms with Crippen molar-refractivity contribution in [1.82, 2.24) is 0 Å². The lowest BCUT2D eigenvalue weighted by molar-refractivity contribution is -0.202. The molecule has 4 rings (SSSR count). The topological polar surface area (TPSA) is 92.8 Å². The molecule has 0 amide bonds. The maximum absolute atomic E-state index is 11.7. The number of carbonyl (C=O) groups excluding carboxylic acids is 1. The predicted molar refractivity (Wildman–Crippen MR) is 116 cm³/mol. The molecule has 5 nitrogen and oxygen atoms in total. The van der Waals surface area contributed by atoms with Crippen LogP contribution in [0.25, 0.3) is 0 Å². The van der Waals surface area contributed by atoms with E-state index in [2.05, 4.69) is 20.8 Å². The van der Waals surface area contributed by atoms with Crippen LogP contribution in [0, 0.1) is 46.3 Å². The van der Waals surface area contributed by atoms with E-state index in [9.17, 15) is 15.0 Å². The lowest BCUT2D eigenvalue weighted by Gasteiger charge is -2.63. The molecule has 4 aliphatic rings. The maximum Gasteiger partial charge on any atom is 0.305 e. The molecule has 4 saturated carbocycles. The molecule has 172 valence electrons. The first-order valence-corrected chi connectivity index (χ1v) is 12.3. The molecule has 0 radical (unpaired) electrons. The Hall–Kier alpha value is -0.650. The minimum atomic E-state index is -0.338. The number of esters is 1. The second-order valence-electron chi connectivity index (χ2n) is 11.7. The van der Waals surface area contributed by atoms with Gasteiger partial charge in [-0.2, -0.15) is 0 Å². The number of hydrogen-bond donors (Lipinski definition) is 3. The van der Waals surface area contributed by atoms with Gasteiger partial charge in [0.15, 0.2) is 0 Å². The first-order valence-electron chi connectivity index (χ1n) is 12.3. The van der Waals surface area contributed by atoms with Gasteiger partial charge in [-0.05, 0) is 97.7 Å². The SMILES string of the molecule is COC(=O)CC[C@@H](C)[C@H]1CC[C@H]2C3C(C[C@H](O)[C@]12C)[C@@]1(C)CC[C@H](N)C[C@H]1C[C@H]3O. The van der Waals surface area contributed by atoms with E-state index in [0.29, 0.717) is 36.0 Å². The van der Waals surface area contributed by atoms with E-state index >= 15 is 0 Å². The third kappa shape index (κ3) is 3.34. The van der Waals surface area contributed by atoms with Crippen LogP contribution < -0.4 is 5.73 Å². The lowest BCUT2D eigenvalue weighted by Crippen LogP contribution is -2.62. The summed E-state index contributed by atoms with van der Waals surface area (Å²) in [5.41, 5.74) is 6.31. The Kier molecular flexibility index (Phi) is 6.04. The lowest BCUT2D eigenvalue weighted by atomic mass is 9.43. The summed E-state index contributed by atoms with van der Waals surface area (Å²) in [6.07, 6.45) is 7.69. The van der Waals surface area contributed by atoms with Gasteiger partial charge in [0.2, 0.25) is 0 Å². The van der Waals surface area contributed by atoms with Crippen LogP contribution in [-0.4, -0.2) is 41.5 Å². The third-order valence-electron chi connectivity index (χ3n) is 10.6. The van der Waals surface area contributed by atoms with Gasteiger partial charge in [0.05, 0.1) is 19.3 Å². The van der Waals surface area contributed by atoms with Crippen molar-refractivity contribution in [3.63, 3.8) is 0 Å². The second kappa shape index (κ2) is 8.04. The predicted octanol–water partition coefficient (Wildman–Crippen LogP) is 3.50. The molecule has 0 aromatic rings. The van der Waals surface area contributed by atoms with Crippen LogP contribution in [-0.2, 0) is 9.53 Å². The molecule has 4 N–H and O–H groups in total. The highest BCUT2D eigenvalue weighted by molar-refractivity contribution is 5.69.